The molecule has 1 atom stereocenters. The van der Waals surface area contributed by atoms with E-state index in [1.807, 2.05) is 24.3 Å². The first-order valence-corrected chi connectivity index (χ1v) is 19.2. The molecule has 56 heavy (non-hydrogen) atoms. The fraction of sp³-hybridized carbons (Fsp3) is 0.0189. The van der Waals surface area contributed by atoms with Crippen molar-refractivity contribution >= 4 is 21.9 Å². The predicted octanol–water partition coefficient (Wildman–Crippen LogP) is 13.4. The third-order valence-corrected chi connectivity index (χ3v) is 11.9. The first-order valence-electron chi connectivity index (χ1n) is 19.2. The molecule has 12 rings (SSSR count). The van der Waals surface area contributed by atoms with Gasteiger partial charge in [0, 0.05) is 27.5 Å². The van der Waals surface area contributed by atoms with Crippen LogP contribution in [0.5, 0.6) is 0 Å². The molecule has 3 heteroatoms. The van der Waals surface area contributed by atoms with Crippen molar-refractivity contribution in [2.24, 2.45) is 0 Å². The van der Waals surface area contributed by atoms with Crippen molar-refractivity contribution in [1.82, 2.24) is 9.97 Å². The summed E-state index contributed by atoms with van der Waals surface area (Å²) in [5.74, 6) is 0.702. The van der Waals surface area contributed by atoms with Gasteiger partial charge in [-0.25, -0.2) is 9.97 Å². The lowest BCUT2D eigenvalue weighted by molar-refractivity contribution is 0.668. The zero-order chi connectivity index (χ0) is 36.8. The van der Waals surface area contributed by atoms with Crippen LogP contribution in [0.4, 0.5) is 0 Å². The van der Waals surface area contributed by atoms with Crippen molar-refractivity contribution in [1.29, 1.82) is 0 Å². The van der Waals surface area contributed by atoms with Gasteiger partial charge < -0.3 is 4.42 Å². The van der Waals surface area contributed by atoms with E-state index in [1.54, 1.807) is 0 Å². The Balaban J connectivity index is 1.22. The highest BCUT2D eigenvalue weighted by Crippen LogP contribution is 2.63. The Morgan fingerprint density at radius 2 is 0.929 bits per heavy atom. The maximum Gasteiger partial charge on any atom is 0.160 e. The lowest BCUT2D eigenvalue weighted by atomic mass is 9.65. The Hall–Kier alpha value is -7.36. The Morgan fingerprint density at radius 3 is 1.68 bits per heavy atom. The van der Waals surface area contributed by atoms with E-state index in [4.69, 9.17) is 14.4 Å². The van der Waals surface area contributed by atoms with Gasteiger partial charge in [0.05, 0.1) is 16.8 Å². The number of rotatable bonds is 3. The molecule has 0 N–H and O–H groups in total. The van der Waals surface area contributed by atoms with Gasteiger partial charge in [0.15, 0.2) is 5.82 Å². The molecule has 2 aliphatic carbocycles. The van der Waals surface area contributed by atoms with Gasteiger partial charge in [-0.15, -0.1) is 0 Å². The Bertz CT molecular complexity index is 3140. The molecular formula is C53H32N2O. The van der Waals surface area contributed by atoms with E-state index in [-0.39, 0.29) is 0 Å². The van der Waals surface area contributed by atoms with Gasteiger partial charge in [0.25, 0.3) is 0 Å². The fourth-order valence-electron chi connectivity index (χ4n) is 9.62. The summed E-state index contributed by atoms with van der Waals surface area (Å²) in [4.78, 5) is 10.4. The highest BCUT2D eigenvalue weighted by Gasteiger charge is 2.50. The number of benzene rings is 8. The standard InChI is InChI=1S/C53H32N2O/c1-3-15-33(16-4-1)46-32-47(55-52(54-46)34-17-5-2-6-18-34)35-27-28-39-37-20-8-7-19-36(37)38-21-9-12-24-42(38)53(45(39)31-35)43-25-13-10-22-40(43)50-44(53)29-30-49-51(50)41-23-11-14-26-48(41)56-49/h1-32H. The van der Waals surface area contributed by atoms with Crippen LogP contribution in [0.1, 0.15) is 22.3 Å². The van der Waals surface area contributed by atoms with Crippen LogP contribution in [-0.2, 0) is 5.41 Å². The molecular weight excluding hydrogens is 681 g/mol. The lowest BCUT2D eigenvalue weighted by Crippen LogP contribution is -2.29. The van der Waals surface area contributed by atoms with Crippen LogP contribution in [0.25, 0.3) is 89.2 Å². The molecule has 0 bridgehead atoms. The Morgan fingerprint density at radius 1 is 0.357 bits per heavy atom. The summed E-state index contributed by atoms with van der Waals surface area (Å²) >= 11 is 0. The summed E-state index contributed by atoms with van der Waals surface area (Å²) in [5, 5.41) is 2.29. The average Bonchev–Trinajstić information content (AvgIpc) is 3.77. The lowest BCUT2D eigenvalue weighted by Gasteiger charge is -2.35. The summed E-state index contributed by atoms with van der Waals surface area (Å²) in [6.07, 6.45) is 0. The number of para-hydroxylation sites is 1. The van der Waals surface area contributed by atoms with Crippen molar-refractivity contribution in [2.45, 2.75) is 5.41 Å². The van der Waals surface area contributed by atoms with Gasteiger partial charge >= 0.3 is 0 Å². The average molecular weight is 713 g/mol. The predicted molar refractivity (Wildman–Crippen MR) is 227 cm³/mol. The number of fused-ring (bicyclic) bond motifs is 16. The largest absolute Gasteiger partial charge is 0.456 e. The molecule has 0 aliphatic heterocycles. The summed E-state index contributed by atoms with van der Waals surface area (Å²) < 4.78 is 6.54. The molecule has 260 valence electrons. The van der Waals surface area contributed by atoms with Gasteiger partial charge in [-0.3, -0.25) is 0 Å². The van der Waals surface area contributed by atoms with Crippen LogP contribution in [0.2, 0.25) is 0 Å². The third-order valence-electron chi connectivity index (χ3n) is 11.9. The number of nitrogens with zero attached hydrogens (tertiary/aromatic N) is 2. The molecule has 0 amide bonds. The van der Waals surface area contributed by atoms with E-state index in [0.29, 0.717) is 5.82 Å². The highest BCUT2D eigenvalue weighted by atomic mass is 16.3. The SMILES string of the molecule is c1ccc(-c2cc(-c3ccc4c(c3)C3(c5ccccc5-c5ccccc5-4)c4ccccc4-c4c3ccc3oc5ccccc5c43)nc(-c3ccccc3)n2)cc1. The van der Waals surface area contributed by atoms with E-state index in [9.17, 15) is 0 Å². The first kappa shape index (κ1) is 31.0. The molecule has 0 saturated heterocycles. The molecule has 0 saturated carbocycles. The minimum atomic E-state index is -0.656. The van der Waals surface area contributed by atoms with E-state index in [2.05, 4.69) is 170 Å². The summed E-state index contributed by atoms with van der Waals surface area (Å²) in [5.41, 5.74) is 18.4. The van der Waals surface area contributed by atoms with E-state index in [0.717, 1.165) is 50.0 Å². The number of aromatic nitrogens is 2. The normalized spacial score (nSPS) is 14.9. The van der Waals surface area contributed by atoms with Crippen molar-refractivity contribution in [2.75, 3.05) is 0 Å². The van der Waals surface area contributed by atoms with E-state index < -0.39 is 5.41 Å². The second-order valence-electron chi connectivity index (χ2n) is 14.8. The van der Waals surface area contributed by atoms with Crippen LogP contribution in [0.3, 0.4) is 0 Å². The second-order valence-corrected chi connectivity index (χ2v) is 14.8. The molecule has 3 nitrogen and oxygen atoms in total. The molecule has 2 aromatic heterocycles. The minimum Gasteiger partial charge on any atom is -0.456 e. The zero-order valence-corrected chi connectivity index (χ0v) is 30.3. The summed E-state index contributed by atoms with van der Waals surface area (Å²) in [6, 6.07) is 69.7. The van der Waals surface area contributed by atoms with Crippen LogP contribution in [0, 0.1) is 0 Å². The molecule has 2 heterocycles. The number of hydrogen-bond donors (Lipinski definition) is 0. The monoisotopic (exact) mass is 712 g/mol. The maximum atomic E-state index is 6.54. The van der Waals surface area contributed by atoms with Crippen LogP contribution < -0.4 is 0 Å². The van der Waals surface area contributed by atoms with Crippen LogP contribution in [-0.4, -0.2) is 9.97 Å². The number of furan rings is 1. The Labute approximate surface area is 324 Å². The number of hydrogen-bond acceptors (Lipinski definition) is 3. The fourth-order valence-corrected chi connectivity index (χ4v) is 9.62. The van der Waals surface area contributed by atoms with Gasteiger partial charge in [0.1, 0.15) is 11.2 Å². The molecule has 8 aromatic carbocycles. The van der Waals surface area contributed by atoms with Gasteiger partial charge in [-0.2, -0.15) is 0 Å². The van der Waals surface area contributed by atoms with E-state index >= 15 is 0 Å². The highest BCUT2D eigenvalue weighted by molar-refractivity contribution is 6.16. The van der Waals surface area contributed by atoms with Gasteiger partial charge in [0.2, 0.25) is 0 Å². The molecule has 0 fully saturated rings. The molecule has 1 spiro atoms. The van der Waals surface area contributed by atoms with Crippen LogP contribution in [0.15, 0.2) is 199 Å². The van der Waals surface area contributed by atoms with Crippen molar-refractivity contribution in [3.8, 4) is 67.3 Å². The molecule has 1 unspecified atom stereocenters. The first-order chi connectivity index (χ1) is 27.8. The maximum absolute atomic E-state index is 6.54. The zero-order valence-electron chi connectivity index (χ0n) is 30.3. The molecule has 10 aromatic rings. The van der Waals surface area contributed by atoms with Crippen LogP contribution >= 0.6 is 0 Å². The van der Waals surface area contributed by atoms with Gasteiger partial charge in [-0.05, 0) is 79.9 Å². The third kappa shape index (κ3) is 4.28. The molecule has 2 aliphatic rings. The quantitative estimate of drug-likeness (QED) is 0.183. The second kappa shape index (κ2) is 11.8. The van der Waals surface area contributed by atoms with Gasteiger partial charge in [-0.1, -0.05) is 170 Å². The minimum absolute atomic E-state index is 0.656. The molecule has 0 radical (unpaired) electrons. The van der Waals surface area contributed by atoms with E-state index in [1.165, 1.54) is 55.6 Å². The summed E-state index contributed by atoms with van der Waals surface area (Å²) in [7, 11) is 0. The van der Waals surface area contributed by atoms with Crippen molar-refractivity contribution in [3.05, 3.63) is 216 Å². The van der Waals surface area contributed by atoms with Crippen molar-refractivity contribution in [3.63, 3.8) is 0 Å². The topological polar surface area (TPSA) is 38.9 Å². The summed E-state index contributed by atoms with van der Waals surface area (Å²) in [6.45, 7) is 0. The smallest absolute Gasteiger partial charge is 0.160 e. The van der Waals surface area contributed by atoms with Crippen molar-refractivity contribution < 1.29 is 4.42 Å². The Kier molecular flexibility index (Phi) is 6.55.